The largest absolute Gasteiger partial charge is 0.353 e. The summed E-state index contributed by atoms with van der Waals surface area (Å²) in [6.45, 7) is 11.3. The fraction of sp³-hybridized carbons (Fsp3) is 0.600. The van der Waals surface area contributed by atoms with Crippen molar-refractivity contribution in [1.82, 2.24) is 4.90 Å². The van der Waals surface area contributed by atoms with E-state index < -0.39 is 0 Å². The van der Waals surface area contributed by atoms with E-state index >= 15 is 0 Å². The van der Waals surface area contributed by atoms with Gasteiger partial charge in [-0.15, -0.1) is 0 Å². The maximum absolute atomic E-state index is 3.90. The third kappa shape index (κ3) is 4.65. The molecule has 0 unspecified atom stereocenters. The van der Waals surface area contributed by atoms with E-state index in [4.69, 9.17) is 0 Å². The van der Waals surface area contributed by atoms with Crippen molar-refractivity contribution in [3.05, 3.63) is 24.6 Å². The number of unbranched alkanes of at least 4 members (excludes halogenated alkanes) is 1. The molecule has 0 spiro atoms. The molecule has 0 heterocycles. The molecule has 0 saturated carbocycles. The number of rotatable bonds is 5. The molecule has 0 aromatic rings. The lowest BCUT2D eigenvalue weighted by atomic mass is 10.3. The Bertz CT molecular complexity index is 136. The van der Waals surface area contributed by atoms with Crippen LogP contribution in [-0.4, -0.2) is 11.4 Å². The number of allylic oxidation sites excluding steroid dienone is 2. The first-order valence-electron chi connectivity index (χ1n) is 4.27. The van der Waals surface area contributed by atoms with Crippen LogP contribution in [0, 0.1) is 0 Å². The van der Waals surface area contributed by atoms with Gasteiger partial charge in [0.1, 0.15) is 0 Å². The van der Waals surface area contributed by atoms with Gasteiger partial charge in [-0.1, -0.05) is 26.0 Å². The van der Waals surface area contributed by atoms with Gasteiger partial charge in [-0.3, -0.25) is 0 Å². The Morgan fingerprint density at radius 2 is 2.18 bits per heavy atom. The summed E-state index contributed by atoms with van der Waals surface area (Å²) >= 11 is 0. The molecule has 0 aliphatic heterocycles. The van der Waals surface area contributed by atoms with E-state index in [1.807, 2.05) is 19.9 Å². The molecule has 1 heteroatoms. The molecule has 0 radical (unpaired) electrons. The third-order valence-corrected chi connectivity index (χ3v) is 1.57. The average Bonchev–Trinajstić information content (AvgIpc) is 1.97. The molecule has 0 rings (SSSR count). The summed E-state index contributed by atoms with van der Waals surface area (Å²) in [5.41, 5.74) is 1.12. The van der Waals surface area contributed by atoms with Gasteiger partial charge >= 0.3 is 0 Å². The molecule has 0 aromatic carbocycles. The van der Waals surface area contributed by atoms with Gasteiger partial charge in [-0.2, -0.15) is 0 Å². The highest BCUT2D eigenvalue weighted by atomic mass is 15.1. The maximum atomic E-state index is 3.90. The molecule has 1 nitrogen and oxygen atoms in total. The molecule has 0 bridgehead atoms. The normalized spacial score (nSPS) is 10.5. The van der Waals surface area contributed by atoms with Crippen molar-refractivity contribution in [1.29, 1.82) is 0 Å². The third-order valence-electron chi connectivity index (χ3n) is 1.57. The molecule has 64 valence electrons. The average molecular weight is 153 g/mol. The van der Waals surface area contributed by atoms with Crippen molar-refractivity contribution in [3.8, 4) is 0 Å². The Hall–Kier alpha value is -0.720. The molecule has 0 atom stereocenters. The van der Waals surface area contributed by atoms with E-state index in [-0.39, 0.29) is 0 Å². The lowest BCUT2D eigenvalue weighted by molar-refractivity contribution is 0.451. The predicted molar refractivity (Wildman–Crippen MR) is 51.2 cm³/mol. The van der Waals surface area contributed by atoms with Crippen LogP contribution >= 0.6 is 0 Å². The van der Waals surface area contributed by atoms with Gasteiger partial charge < -0.3 is 4.90 Å². The van der Waals surface area contributed by atoms with E-state index in [1.165, 1.54) is 12.8 Å². The Morgan fingerprint density at radius 3 is 2.55 bits per heavy atom. The van der Waals surface area contributed by atoms with Crippen molar-refractivity contribution in [2.24, 2.45) is 0 Å². The second-order valence-electron chi connectivity index (χ2n) is 2.76. The summed E-state index contributed by atoms with van der Waals surface area (Å²) in [6, 6.07) is 0. The molecule has 11 heavy (non-hydrogen) atoms. The van der Waals surface area contributed by atoms with Crippen LogP contribution in [0.1, 0.15) is 33.6 Å². The maximum Gasteiger partial charge on any atom is 0.0221 e. The Morgan fingerprint density at radius 1 is 1.55 bits per heavy atom. The highest BCUT2D eigenvalue weighted by molar-refractivity contribution is 4.96. The van der Waals surface area contributed by atoms with Gasteiger partial charge in [0.05, 0.1) is 0 Å². The predicted octanol–water partition coefficient (Wildman–Crippen LogP) is 3.16. The Kier molecular flexibility index (Phi) is 5.63. The molecule has 0 aliphatic carbocycles. The van der Waals surface area contributed by atoms with E-state index in [2.05, 4.69) is 24.6 Å². The van der Waals surface area contributed by atoms with Crippen LogP contribution < -0.4 is 0 Å². The summed E-state index contributed by atoms with van der Waals surface area (Å²) in [4.78, 5) is 2.18. The first kappa shape index (κ1) is 10.3. The summed E-state index contributed by atoms with van der Waals surface area (Å²) < 4.78 is 0. The van der Waals surface area contributed by atoms with Crippen LogP contribution in [0.25, 0.3) is 0 Å². The highest BCUT2D eigenvalue weighted by Crippen LogP contribution is 2.03. The van der Waals surface area contributed by atoms with E-state index in [0.29, 0.717) is 0 Å². The van der Waals surface area contributed by atoms with Crippen molar-refractivity contribution in [2.75, 3.05) is 6.54 Å². The first-order valence-corrected chi connectivity index (χ1v) is 4.27. The number of hydrogen-bond acceptors (Lipinski definition) is 1. The van der Waals surface area contributed by atoms with Crippen molar-refractivity contribution in [3.63, 3.8) is 0 Å². The van der Waals surface area contributed by atoms with E-state index in [9.17, 15) is 0 Å². The van der Waals surface area contributed by atoms with Gasteiger partial charge in [0.15, 0.2) is 0 Å². The smallest absolute Gasteiger partial charge is 0.0221 e. The first-order chi connectivity index (χ1) is 5.22. The Labute approximate surface area is 70.4 Å². The highest BCUT2D eigenvalue weighted by Gasteiger charge is 1.96. The minimum absolute atomic E-state index is 1.09. The van der Waals surface area contributed by atoms with Gasteiger partial charge in [0, 0.05) is 12.2 Å². The zero-order chi connectivity index (χ0) is 8.69. The minimum atomic E-state index is 1.09. The van der Waals surface area contributed by atoms with Gasteiger partial charge in [0.2, 0.25) is 0 Å². The van der Waals surface area contributed by atoms with Crippen molar-refractivity contribution >= 4 is 0 Å². The number of hydrogen-bond donors (Lipinski definition) is 0. The van der Waals surface area contributed by atoms with Crippen molar-refractivity contribution in [2.45, 2.75) is 33.6 Å². The molecular formula is C10H19N. The lowest BCUT2D eigenvalue weighted by Crippen LogP contribution is -2.15. The molecule has 0 fully saturated rings. The molecule has 0 aromatic heterocycles. The second kappa shape index (κ2) is 6.02. The lowest BCUT2D eigenvalue weighted by Gasteiger charge is -2.19. The molecule has 0 saturated heterocycles. The SMILES string of the molecule is C=C(C)N(/C=C\C)CCCC. The standard InChI is InChI=1S/C10H19N/c1-5-7-9-11(8-6-2)10(3)4/h6,8H,3,5,7,9H2,1-2,4H3/b8-6-. The van der Waals surface area contributed by atoms with Gasteiger partial charge in [-0.25, -0.2) is 0 Å². The molecule has 0 N–H and O–H groups in total. The van der Waals surface area contributed by atoms with Crippen LogP contribution in [-0.2, 0) is 0 Å². The van der Waals surface area contributed by atoms with Crippen LogP contribution in [0.5, 0.6) is 0 Å². The quantitative estimate of drug-likeness (QED) is 0.586. The summed E-state index contributed by atoms with van der Waals surface area (Å²) in [5.74, 6) is 0. The fourth-order valence-corrected chi connectivity index (χ4v) is 0.901. The molecular weight excluding hydrogens is 134 g/mol. The summed E-state index contributed by atoms with van der Waals surface area (Å²) in [6.07, 6.45) is 6.60. The second-order valence-corrected chi connectivity index (χ2v) is 2.76. The van der Waals surface area contributed by atoms with E-state index in [1.54, 1.807) is 0 Å². The van der Waals surface area contributed by atoms with Crippen LogP contribution in [0.2, 0.25) is 0 Å². The molecule has 0 amide bonds. The number of nitrogens with zero attached hydrogens (tertiary/aromatic N) is 1. The monoisotopic (exact) mass is 153 g/mol. The topological polar surface area (TPSA) is 3.24 Å². The van der Waals surface area contributed by atoms with Gasteiger partial charge in [0.25, 0.3) is 0 Å². The molecule has 0 aliphatic rings. The zero-order valence-electron chi connectivity index (χ0n) is 7.93. The van der Waals surface area contributed by atoms with E-state index in [0.717, 1.165) is 12.2 Å². The van der Waals surface area contributed by atoms with Crippen LogP contribution in [0.4, 0.5) is 0 Å². The van der Waals surface area contributed by atoms with Crippen LogP contribution in [0.3, 0.4) is 0 Å². The van der Waals surface area contributed by atoms with Crippen molar-refractivity contribution < 1.29 is 0 Å². The van der Waals surface area contributed by atoms with Crippen LogP contribution in [0.15, 0.2) is 24.6 Å². The summed E-state index contributed by atoms with van der Waals surface area (Å²) in [7, 11) is 0. The fourth-order valence-electron chi connectivity index (χ4n) is 0.901. The minimum Gasteiger partial charge on any atom is -0.353 e. The summed E-state index contributed by atoms with van der Waals surface area (Å²) in [5, 5.41) is 0. The van der Waals surface area contributed by atoms with Gasteiger partial charge in [-0.05, 0) is 26.5 Å². The Balaban J connectivity index is 3.79. The zero-order valence-corrected chi connectivity index (χ0v) is 7.93.